The van der Waals surface area contributed by atoms with Crippen molar-refractivity contribution in [3.8, 4) is 11.8 Å². The average Bonchev–Trinajstić information content (AvgIpc) is 1.74. The van der Waals surface area contributed by atoms with Crippen LogP contribution in [0.4, 0.5) is 0 Å². The van der Waals surface area contributed by atoms with E-state index in [2.05, 4.69) is 46.5 Å². The van der Waals surface area contributed by atoms with Gasteiger partial charge < -0.3 is 161 Å². The summed E-state index contributed by atoms with van der Waals surface area (Å²) in [7, 11) is 0. The van der Waals surface area contributed by atoms with Crippen molar-refractivity contribution in [2.24, 2.45) is 11.8 Å². The molecule has 0 fully saturated rings. The molecule has 0 bridgehead atoms. The predicted molar refractivity (Wildman–Crippen MR) is 486 cm³/mol. The molecular formula is C96H141N4O24Y21-13. The van der Waals surface area contributed by atoms with Crippen molar-refractivity contribution in [3.63, 3.8) is 0 Å². The van der Waals surface area contributed by atoms with Gasteiger partial charge in [-0.3, -0.25) is 84.9 Å². The second-order valence-corrected chi connectivity index (χ2v) is 24.9. The van der Waals surface area contributed by atoms with Gasteiger partial charge in [-0.1, -0.05) is 132 Å². The van der Waals surface area contributed by atoms with Gasteiger partial charge in [0.2, 0.25) is 0 Å². The van der Waals surface area contributed by atoms with Gasteiger partial charge in [-0.2, -0.15) is 39.7 Å². The number of carbonyl (C=O) groups excluding carboxylic acids is 24. The van der Waals surface area contributed by atoms with Crippen molar-refractivity contribution in [2.45, 2.75) is 232 Å². The number of allylic oxidation sites excluding steroid dienone is 4. The molecule has 19 radical (unpaired) electrons. The van der Waals surface area contributed by atoms with Gasteiger partial charge in [-0.25, -0.2) is 5.92 Å². The number of hydrogen-bond donors (Lipinski definition) is 0. The second-order valence-electron chi connectivity index (χ2n) is 24.9. The van der Waals surface area contributed by atoms with Gasteiger partial charge in [0.25, 0.3) is 47.3 Å². The van der Waals surface area contributed by atoms with E-state index >= 15 is 0 Å². The van der Waals surface area contributed by atoms with Crippen LogP contribution in [0, 0.1) is 143 Å². The quantitative estimate of drug-likeness (QED) is 0.0180. The van der Waals surface area contributed by atoms with E-state index in [0.29, 0.717) is 80.9 Å². The van der Waals surface area contributed by atoms with Crippen LogP contribution >= 0.6 is 0 Å². The van der Waals surface area contributed by atoms with Crippen molar-refractivity contribution in [1.29, 1.82) is 0 Å². The molecule has 0 saturated heterocycles. The van der Waals surface area contributed by atoms with E-state index in [9.17, 15) is 110 Å². The van der Waals surface area contributed by atoms with Crippen LogP contribution in [0.3, 0.4) is 0 Å². The maximum Gasteiger partial charge on any atom is 3.00 e. The summed E-state index contributed by atoms with van der Waals surface area (Å²) in [5, 5.41) is 0. The van der Waals surface area contributed by atoms with Crippen LogP contribution in [-0.4, -0.2) is 187 Å². The Kier molecular flexibility index (Phi) is 305. The predicted octanol–water partition coefficient (Wildman–Crippen LogP) is 13.2. The number of hydrogen-bond acceptors (Lipinski definition) is 24. The van der Waals surface area contributed by atoms with E-state index in [-0.39, 0.29) is 903 Å². The number of amides is 8. The summed E-state index contributed by atoms with van der Waals surface area (Å²) in [4.78, 5) is 265. The molecule has 4 aliphatic rings. The third kappa shape index (κ3) is 151. The first-order valence-electron chi connectivity index (χ1n) is 38.1. The molecule has 0 aromatic carbocycles. The van der Waals surface area contributed by atoms with Crippen molar-refractivity contribution >= 4 is 141 Å². The summed E-state index contributed by atoms with van der Waals surface area (Å²) in [6, 6.07) is 0. The van der Waals surface area contributed by atoms with Crippen LogP contribution in [0.15, 0.2) is 71.4 Å². The fourth-order valence-electron chi connectivity index (χ4n) is 8.57. The van der Waals surface area contributed by atoms with Crippen molar-refractivity contribution < 1.29 is 802 Å². The Morgan fingerprint density at radius 2 is 0.648 bits per heavy atom. The Hall–Kier alpha value is 11.3. The van der Waals surface area contributed by atoms with Gasteiger partial charge in [0, 0.05) is 764 Å². The van der Waals surface area contributed by atoms with Crippen LogP contribution in [0.25, 0.3) is 0 Å². The smallest absolute Gasteiger partial charge is 0.542 e. The number of ketones is 14. The summed E-state index contributed by atoms with van der Waals surface area (Å²) in [6.07, 6.45) is 30.6. The molecule has 4 heterocycles. The summed E-state index contributed by atoms with van der Waals surface area (Å²) in [6.45, 7) is 41.0. The molecule has 0 aromatic heterocycles. The standard InChI is InChI=1S/C18H19N2O6.C11H14NO3.C10H15O2.C10H17O2.C9H13O2.C9H15O2.C8H9O2.C7H6NO3.C3H4O.C3H5O.8CH3.21Y/c1-2-12(14(22)8-10-20-17(25)5-6-18(20)26)11-13(21)7-9-19-15(23)3-4-16(19)24;1-2-3-4-9(13)7-8-12-10(14)5-6-11(12)15;1-5-6-10(12)8(3)7(2)9(4)11;1-4-8(10(12)6-3)7-9(11)5-2;1-4-5-9(11)7(2)6-8(3)10;1-3-5-9(11)7-6-8(10)4-2;1-3-4-8(10)6-5-7(2)9;9-5-1-4-8-6(10)2-3-7(8)11;1-3(2)4;1-2-3-4;;;;;;;;;;;;;;;;;;;;;;;;;;;;;/h3-6,11-12H,2,7-10H2,1H3;4-6H,2-3,7-8H2,1H3;4-6H2,1-3H3;7-8H,4-6H2,1-3H3;6H,3-5H2,1-2H3;6H,3-5,7H2,1-2H3;2-4H2,1H3;2-3H,1,4H2;1-2H2;2H2,1H3;8*1H3;;;;;;;;;;;;;;;;;;;;;/q8*-1;-2;9*-1;;;;;;;;;;;;;;;;;;;;2*+3/b;;8-7-;;7-6-;;;;;;;;;;;;;;;;;;;;;;;;;;;;;;;;;;/t;;;8-;;;;;;;;;;;;;;;;;;;;;;;;;;;;;;;;;;;/m...0.................................../s1. The second kappa shape index (κ2) is 173. The number of unbranched alkanes of at least 4 members (excludes halogenated alkanes) is 1. The molecule has 0 aromatic rings. The Balaban J connectivity index is -0.0000000283. The molecule has 145 heavy (non-hydrogen) atoms. The SMILES string of the molecule is CCC(=O)[CH-][C@H](CC)C(=O)CC.CCC([CH-]C(=O)CCN1C(=O)C=CC1=O)C(=O)CCN1C(=O)C=CC1=O.CCCC(=O)C[CH-]C(=O)CC.CCC[CH-]C(=O)CCN1C(=O)C=CC1=O.CC[C-]=O.O=[C-]CCN1C(=O)C=CC1=O.[CH2-]C(=O)/C(C)=C(/C)C(=O)CCC.[CH2-]C(=O)/C=C(/C)C(=O)CCC.[CH2-]C(=O)C#CC(=O)CCC.[CH2-]C([CH2-])=O.[CH3-].[CH3-].[CH3-].[CH3-].[CH3-].[CH3-].[CH3-].[CH3-].[Y+3].[Y+3].[Y].[Y].[Y].[Y].[Y].[Y].[Y].[Y].[Y].[Y].[Y].[Y].[Y].[Y].[Y].[Y].[Y].[Y].[Y]. The van der Waals surface area contributed by atoms with Crippen LogP contribution < -0.4 is 0 Å². The van der Waals surface area contributed by atoms with Gasteiger partial charge in [0.05, 0.1) is 0 Å². The Labute approximate surface area is 1400 Å². The molecule has 8 amide bonds. The zero-order chi connectivity index (χ0) is 90.6. The van der Waals surface area contributed by atoms with Crippen LogP contribution in [0.5, 0.6) is 0 Å². The minimum Gasteiger partial charge on any atom is -0.542 e. The average molecular weight is 3600 g/mol. The first kappa shape index (κ1) is 256. The summed E-state index contributed by atoms with van der Waals surface area (Å²) in [5.74, 6) is -1.39. The zero-order valence-corrected chi connectivity index (χ0v) is 150. The number of nitrogens with zero attached hydrogens (tertiary/aromatic N) is 4. The zero-order valence-electron chi connectivity index (χ0n) is 90.1. The Bertz CT molecular complexity index is 3650. The first-order chi connectivity index (χ1) is 54.5. The van der Waals surface area contributed by atoms with E-state index in [1.807, 2.05) is 55.4 Å². The van der Waals surface area contributed by atoms with Crippen LogP contribution in [0.2, 0.25) is 0 Å². The number of imide groups is 4. The van der Waals surface area contributed by atoms with E-state index in [0.717, 1.165) is 88.8 Å². The minimum atomic E-state index is -0.633. The summed E-state index contributed by atoms with van der Waals surface area (Å²) < 4.78 is 0. The van der Waals surface area contributed by atoms with Crippen molar-refractivity contribution in [1.82, 2.24) is 19.6 Å². The molecular weight excluding hydrogens is 3460 g/mol. The molecule has 0 spiro atoms. The molecule has 0 N–H and O–H groups in total. The fourth-order valence-corrected chi connectivity index (χ4v) is 8.57. The van der Waals surface area contributed by atoms with Crippen LogP contribution in [0.1, 0.15) is 232 Å². The van der Waals surface area contributed by atoms with Crippen LogP contribution in [-0.2, 0) is 802 Å². The molecule has 28 nitrogen and oxygen atoms in total. The maximum atomic E-state index is 12.3. The normalized spacial score (nSPS) is 10.3. The number of Topliss-reactive ketones (excluding diaryl/α,β-unsaturated/α-hetero) is 13. The van der Waals surface area contributed by atoms with E-state index in [4.69, 9.17) is 4.79 Å². The largest absolute Gasteiger partial charge is 3.00 e. The fraction of sp³-hybridized carbons (Fsp3) is 0.427. The summed E-state index contributed by atoms with van der Waals surface area (Å²) >= 11 is 0. The van der Waals surface area contributed by atoms with Gasteiger partial charge in [0.1, 0.15) is 28.9 Å². The third-order valence-electron chi connectivity index (χ3n) is 15.2. The van der Waals surface area contributed by atoms with E-state index in [1.54, 1.807) is 67.0 Å². The molecule has 0 aliphatic carbocycles. The van der Waals surface area contributed by atoms with Gasteiger partial charge in [0.15, 0.2) is 5.78 Å². The van der Waals surface area contributed by atoms with Gasteiger partial charge >= 0.3 is 65.4 Å². The monoisotopic (exact) mass is 3600 g/mol. The molecule has 2 atom stereocenters. The van der Waals surface area contributed by atoms with Crippen molar-refractivity contribution in [3.05, 3.63) is 191 Å². The minimum absolute atomic E-state index is 0. The van der Waals surface area contributed by atoms with Crippen molar-refractivity contribution in [2.75, 3.05) is 26.2 Å². The maximum absolute atomic E-state index is 12.3. The van der Waals surface area contributed by atoms with E-state index in [1.165, 1.54) is 43.2 Å². The topological polar surface area (TPSA) is 423 Å². The molecule has 4 rings (SSSR count). The molecule has 4 aliphatic heterocycles. The molecule has 49 heteroatoms. The molecule has 765 valence electrons. The first-order valence-corrected chi connectivity index (χ1v) is 38.1. The van der Waals surface area contributed by atoms with E-state index < -0.39 is 35.3 Å². The molecule has 1 unspecified atom stereocenters. The Morgan fingerprint density at radius 1 is 0.352 bits per heavy atom. The molecule has 0 saturated carbocycles. The summed E-state index contributed by atoms with van der Waals surface area (Å²) in [5.41, 5.74) is 1.54. The van der Waals surface area contributed by atoms with Gasteiger partial charge in [-0.05, 0) is 62.9 Å². The van der Waals surface area contributed by atoms with Gasteiger partial charge in [-0.15, -0.1) is 37.0 Å². The number of rotatable bonds is 42. The Morgan fingerprint density at radius 3 is 0.917 bits per heavy atom. The number of carbonyl (C=O) groups is 22. The third-order valence-corrected chi connectivity index (χ3v) is 15.2.